The highest BCUT2D eigenvalue weighted by molar-refractivity contribution is 9.10. The average Bonchev–Trinajstić information content (AvgIpc) is 2.57. The van der Waals surface area contributed by atoms with E-state index in [0.29, 0.717) is 0 Å². The Hall–Kier alpha value is -1.85. The Morgan fingerprint density at radius 1 is 1.00 bits per heavy atom. The van der Waals surface area contributed by atoms with E-state index in [1.807, 2.05) is 24.4 Å². The molecule has 3 rings (SSSR count). The minimum Gasteiger partial charge on any atom is -0.543 e. The van der Waals surface area contributed by atoms with Crippen LogP contribution in [0.3, 0.4) is 0 Å². The topological polar surface area (TPSA) is 34.1 Å². The SMILES string of the molecule is Cc1ccc(O[Si](C)(C)C(C)(C)C)cc1Nc1ccnc2ccc(Br)cc12. The number of aryl methyl sites for hydroxylation is 1. The summed E-state index contributed by atoms with van der Waals surface area (Å²) in [6, 6.07) is 14.4. The van der Waals surface area contributed by atoms with Crippen LogP contribution >= 0.6 is 15.9 Å². The van der Waals surface area contributed by atoms with Crippen LogP contribution in [0.1, 0.15) is 26.3 Å². The maximum atomic E-state index is 6.49. The van der Waals surface area contributed by atoms with Crippen molar-refractivity contribution in [2.75, 3.05) is 5.32 Å². The largest absolute Gasteiger partial charge is 0.543 e. The van der Waals surface area contributed by atoms with Crippen LogP contribution in [0.4, 0.5) is 11.4 Å². The molecule has 2 aromatic carbocycles. The van der Waals surface area contributed by atoms with Crippen molar-refractivity contribution in [1.82, 2.24) is 4.98 Å². The molecule has 0 amide bonds. The van der Waals surface area contributed by atoms with Gasteiger partial charge in [0.05, 0.1) is 5.52 Å². The second-order valence-corrected chi connectivity index (χ2v) is 14.1. The molecular weight excluding hydrogens is 416 g/mol. The van der Waals surface area contributed by atoms with Crippen LogP contribution in [-0.2, 0) is 0 Å². The van der Waals surface area contributed by atoms with Gasteiger partial charge in [0.1, 0.15) is 5.75 Å². The average molecular weight is 443 g/mol. The third-order valence-electron chi connectivity index (χ3n) is 5.36. The highest BCUT2D eigenvalue weighted by atomic mass is 79.9. The van der Waals surface area contributed by atoms with Crippen molar-refractivity contribution in [3.05, 3.63) is 58.7 Å². The summed E-state index contributed by atoms with van der Waals surface area (Å²) in [5, 5.41) is 4.83. The summed E-state index contributed by atoms with van der Waals surface area (Å²) >= 11 is 3.56. The first-order valence-corrected chi connectivity index (χ1v) is 12.9. The van der Waals surface area contributed by atoms with Gasteiger partial charge in [0.15, 0.2) is 0 Å². The zero-order chi connectivity index (χ0) is 19.8. The van der Waals surface area contributed by atoms with Gasteiger partial charge in [-0.05, 0) is 61.0 Å². The molecule has 142 valence electrons. The van der Waals surface area contributed by atoms with E-state index in [9.17, 15) is 0 Å². The van der Waals surface area contributed by atoms with Crippen molar-refractivity contribution in [1.29, 1.82) is 0 Å². The van der Waals surface area contributed by atoms with E-state index in [1.165, 1.54) is 5.56 Å². The number of anilines is 2. The van der Waals surface area contributed by atoms with Crippen molar-refractivity contribution in [2.45, 2.75) is 45.8 Å². The third-order valence-corrected chi connectivity index (χ3v) is 10.2. The summed E-state index contributed by atoms with van der Waals surface area (Å²) in [5.41, 5.74) is 4.24. The maximum Gasteiger partial charge on any atom is 0.250 e. The van der Waals surface area contributed by atoms with Gasteiger partial charge < -0.3 is 9.74 Å². The van der Waals surface area contributed by atoms with E-state index in [-0.39, 0.29) is 5.04 Å². The minimum absolute atomic E-state index is 0.166. The zero-order valence-corrected chi connectivity index (χ0v) is 19.4. The molecular formula is C22H27BrN2OSi. The van der Waals surface area contributed by atoms with E-state index >= 15 is 0 Å². The van der Waals surface area contributed by atoms with E-state index < -0.39 is 8.32 Å². The lowest BCUT2D eigenvalue weighted by molar-refractivity contribution is 0.492. The van der Waals surface area contributed by atoms with Crippen LogP contribution in [0, 0.1) is 6.92 Å². The number of hydrogen-bond acceptors (Lipinski definition) is 3. The van der Waals surface area contributed by atoms with Crippen LogP contribution in [-0.4, -0.2) is 13.3 Å². The van der Waals surface area contributed by atoms with E-state index in [1.54, 1.807) is 0 Å². The fourth-order valence-electron chi connectivity index (χ4n) is 2.62. The molecule has 3 nitrogen and oxygen atoms in total. The maximum absolute atomic E-state index is 6.49. The van der Waals surface area contributed by atoms with Gasteiger partial charge in [-0.15, -0.1) is 0 Å². The summed E-state index contributed by atoms with van der Waals surface area (Å²) < 4.78 is 7.52. The van der Waals surface area contributed by atoms with Gasteiger partial charge in [0.25, 0.3) is 0 Å². The molecule has 0 saturated heterocycles. The van der Waals surface area contributed by atoms with Crippen molar-refractivity contribution in [2.24, 2.45) is 0 Å². The standard InChI is InChI=1S/C22H27BrN2OSi/c1-15-7-9-17(26-27(5,6)22(2,3)4)14-21(15)25-20-11-12-24-19-10-8-16(23)13-18(19)20/h7-14H,1-6H3,(H,24,25). The quantitative estimate of drug-likeness (QED) is 0.426. The molecule has 27 heavy (non-hydrogen) atoms. The van der Waals surface area contributed by atoms with Crippen LogP contribution in [0.5, 0.6) is 5.75 Å². The van der Waals surface area contributed by atoms with E-state index in [2.05, 4.69) is 91.3 Å². The second kappa shape index (κ2) is 7.28. The van der Waals surface area contributed by atoms with Gasteiger partial charge in [-0.2, -0.15) is 0 Å². The molecule has 1 heterocycles. The molecule has 0 radical (unpaired) electrons. The lowest BCUT2D eigenvalue weighted by Gasteiger charge is -2.36. The number of fused-ring (bicyclic) bond motifs is 1. The molecule has 1 aromatic heterocycles. The Balaban J connectivity index is 1.96. The Morgan fingerprint density at radius 2 is 1.74 bits per heavy atom. The fraction of sp³-hybridized carbons (Fsp3) is 0.318. The Bertz CT molecular complexity index is 980. The van der Waals surface area contributed by atoms with Crippen LogP contribution in [0.25, 0.3) is 10.9 Å². The van der Waals surface area contributed by atoms with E-state index in [4.69, 9.17) is 4.43 Å². The Morgan fingerprint density at radius 3 is 2.44 bits per heavy atom. The highest BCUT2D eigenvalue weighted by Gasteiger charge is 2.39. The highest BCUT2D eigenvalue weighted by Crippen LogP contribution is 2.38. The van der Waals surface area contributed by atoms with Crippen molar-refractivity contribution in [3.63, 3.8) is 0 Å². The predicted molar refractivity (Wildman–Crippen MR) is 122 cm³/mol. The number of nitrogens with one attached hydrogen (secondary N) is 1. The molecule has 0 atom stereocenters. The normalized spacial score (nSPS) is 12.3. The molecule has 0 fully saturated rings. The number of nitrogens with zero attached hydrogens (tertiary/aromatic N) is 1. The van der Waals surface area contributed by atoms with Crippen LogP contribution < -0.4 is 9.74 Å². The fourth-order valence-corrected chi connectivity index (χ4v) is 4.00. The molecule has 0 spiro atoms. The molecule has 0 unspecified atom stereocenters. The summed E-state index contributed by atoms with van der Waals surface area (Å²) in [4.78, 5) is 4.46. The van der Waals surface area contributed by atoms with Gasteiger partial charge in [-0.1, -0.05) is 42.8 Å². The van der Waals surface area contributed by atoms with Gasteiger partial charge in [-0.3, -0.25) is 4.98 Å². The number of rotatable bonds is 4. The number of benzene rings is 2. The Kier molecular flexibility index (Phi) is 5.37. The number of hydrogen-bond donors (Lipinski definition) is 1. The second-order valence-electron chi connectivity index (χ2n) is 8.48. The van der Waals surface area contributed by atoms with Gasteiger partial charge in [-0.25, -0.2) is 0 Å². The summed E-state index contributed by atoms with van der Waals surface area (Å²) in [5.74, 6) is 0.925. The predicted octanol–water partition coefficient (Wildman–Crippen LogP) is 7.43. The van der Waals surface area contributed by atoms with Crippen molar-refractivity contribution >= 4 is 46.5 Å². The molecule has 0 bridgehead atoms. The molecule has 0 saturated carbocycles. The van der Waals surface area contributed by atoms with Crippen molar-refractivity contribution < 1.29 is 4.43 Å². The van der Waals surface area contributed by atoms with Gasteiger partial charge >= 0.3 is 0 Å². The third kappa shape index (κ3) is 4.36. The molecule has 5 heteroatoms. The van der Waals surface area contributed by atoms with Crippen LogP contribution in [0.15, 0.2) is 53.1 Å². The lowest BCUT2D eigenvalue weighted by atomic mass is 10.1. The summed E-state index contributed by atoms with van der Waals surface area (Å²) in [6.07, 6.45) is 1.84. The number of aromatic nitrogens is 1. The molecule has 3 aromatic rings. The lowest BCUT2D eigenvalue weighted by Crippen LogP contribution is -2.43. The zero-order valence-electron chi connectivity index (χ0n) is 16.9. The number of pyridine rings is 1. The first kappa shape index (κ1) is 19.9. The molecule has 1 N–H and O–H groups in total. The van der Waals surface area contributed by atoms with Gasteiger partial charge in [0.2, 0.25) is 8.32 Å². The number of halogens is 1. The Labute approximate surface area is 171 Å². The molecule has 0 aliphatic carbocycles. The van der Waals surface area contributed by atoms with Crippen molar-refractivity contribution in [3.8, 4) is 5.75 Å². The first-order chi connectivity index (χ1) is 12.6. The monoisotopic (exact) mass is 442 g/mol. The minimum atomic E-state index is -1.87. The smallest absolute Gasteiger partial charge is 0.250 e. The molecule has 0 aliphatic rings. The summed E-state index contributed by atoms with van der Waals surface area (Å²) in [7, 11) is -1.87. The first-order valence-electron chi connectivity index (χ1n) is 9.18. The van der Waals surface area contributed by atoms with Crippen LogP contribution in [0.2, 0.25) is 18.1 Å². The molecule has 0 aliphatic heterocycles. The van der Waals surface area contributed by atoms with E-state index in [0.717, 1.165) is 32.5 Å². The van der Waals surface area contributed by atoms with Gasteiger partial charge in [0, 0.05) is 33.5 Å². The summed E-state index contributed by atoms with van der Waals surface area (Å²) in [6.45, 7) is 13.4.